The first-order valence-corrected chi connectivity index (χ1v) is 5.60. The van der Waals surface area contributed by atoms with Crippen molar-refractivity contribution in [1.82, 2.24) is 0 Å². The predicted molar refractivity (Wildman–Crippen MR) is 55.3 cm³/mol. The fourth-order valence-corrected chi connectivity index (χ4v) is 1.37. The lowest BCUT2D eigenvalue weighted by Gasteiger charge is -2.20. The largest absolute Gasteiger partial charge is 0.540 e. The number of hydrogen-bond acceptors (Lipinski definition) is 4. The molecule has 1 rings (SSSR count). The average molecular weight is 216 g/mol. The van der Waals surface area contributed by atoms with Crippen LogP contribution in [-0.4, -0.2) is 17.9 Å². The van der Waals surface area contributed by atoms with Gasteiger partial charge in [-0.05, 0) is 46.0 Å². The molecule has 0 unspecified atom stereocenters. The molecule has 1 aliphatic rings. The van der Waals surface area contributed by atoms with Gasteiger partial charge < -0.3 is 4.74 Å². The van der Waals surface area contributed by atoms with Crippen molar-refractivity contribution in [3.05, 3.63) is 0 Å². The van der Waals surface area contributed by atoms with E-state index >= 15 is 0 Å². The summed E-state index contributed by atoms with van der Waals surface area (Å²) in [5.41, 5.74) is -0.450. The molecule has 0 saturated heterocycles. The second-order valence-electron chi connectivity index (χ2n) is 4.55. The molecule has 88 valence electrons. The summed E-state index contributed by atoms with van der Waals surface area (Å²) >= 11 is 0. The molecular weight excluding hydrogens is 196 g/mol. The van der Waals surface area contributed by atoms with E-state index in [1.54, 1.807) is 0 Å². The zero-order chi connectivity index (χ0) is 11.3. The Kier molecular flexibility index (Phi) is 4.39. The van der Waals surface area contributed by atoms with E-state index in [2.05, 4.69) is 4.89 Å². The molecule has 0 bridgehead atoms. The number of carbonyl (C=O) groups is 1. The third-order valence-corrected chi connectivity index (χ3v) is 2.75. The first-order valence-electron chi connectivity index (χ1n) is 5.60. The summed E-state index contributed by atoms with van der Waals surface area (Å²) in [6.07, 6.45) is 4.19. The molecule has 0 heterocycles. The van der Waals surface area contributed by atoms with Crippen LogP contribution in [0.3, 0.4) is 0 Å². The summed E-state index contributed by atoms with van der Waals surface area (Å²) in [7, 11) is 0. The van der Waals surface area contributed by atoms with Gasteiger partial charge in [-0.25, -0.2) is 4.79 Å². The van der Waals surface area contributed by atoms with Crippen molar-refractivity contribution in [2.75, 3.05) is 0 Å². The molecule has 4 nitrogen and oxygen atoms in total. The van der Waals surface area contributed by atoms with E-state index in [4.69, 9.17) is 9.62 Å². The van der Waals surface area contributed by atoms with Gasteiger partial charge in [0.25, 0.3) is 0 Å². The minimum atomic E-state index is -0.719. The molecule has 0 aromatic carbocycles. The smallest absolute Gasteiger partial charge is 0.429 e. The second-order valence-corrected chi connectivity index (χ2v) is 4.55. The highest BCUT2D eigenvalue weighted by Crippen LogP contribution is 2.22. The predicted octanol–water partition coefficient (Wildman–Crippen LogP) is 3.20. The highest BCUT2D eigenvalue weighted by molar-refractivity contribution is 5.59. The van der Waals surface area contributed by atoms with Gasteiger partial charge in [0.1, 0.15) is 11.7 Å². The molecule has 0 amide bonds. The number of rotatable bonds is 4. The van der Waals surface area contributed by atoms with Gasteiger partial charge in [0.15, 0.2) is 0 Å². The van der Waals surface area contributed by atoms with Gasteiger partial charge in [0.05, 0.1) is 0 Å². The Balaban J connectivity index is 2.18. The molecule has 0 aromatic rings. The van der Waals surface area contributed by atoms with E-state index in [0.717, 1.165) is 32.1 Å². The fourth-order valence-electron chi connectivity index (χ4n) is 1.37. The van der Waals surface area contributed by atoms with Crippen LogP contribution in [0.15, 0.2) is 0 Å². The lowest BCUT2D eigenvalue weighted by Crippen LogP contribution is -2.26. The van der Waals surface area contributed by atoms with Crippen LogP contribution in [0.2, 0.25) is 0 Å². The van der Waals surface area contributed by atoms with E-state index < -0.39 is 11.8 Å². The van der Waals surface area contributed by atoms with Crippen molar-refractivity contribution >= 4 is 6.16 Å². The maximum absolute atomic E-state index is 11.2. The van der Waals surface area contributed by atoms with E-state index in [1.807, 2.05) is 20.8 Å². The van der Waals surface area contributed by atoms with Crippen LogP contribution < -0.4 is 0 Å². The highest BCUT2D eigenvalue weighted by atomic mass is 17.2. The third kappa shape index (κ3) is 4.51. The van der Waals surface area contributed by atoms with Gasteiger partial charge >= 0.3 is 6.16 Å². The van der Waals surface area contributed by atoms with Crippen LogP contribution in [-0.2, 0) is 14.5 Å². The van der Waals surface area contributed by atoms with E-state index in [-0.39, 0.29) is 6.10 Å². The topological polar surface area (TPSA) is 44.8 Å². The lowest BCUT2D eigenvalue weighted by atomic mass is 10.1. The molecular formula is C11H20O4. The zero-order valence-corrected chi connectivity index (χ0v) is 9.75. The zero-order valence-electron chi connectivity index (χ0n) is 9.75. The van der Waals surface area contributed by atoms with Crippen LogP contribution in [0.5, 0.6) is 0 Å². The molecule has 0 atom stereocenters. The summed E-state index contributed by atoms with van der Waals surface area (Å²) in [4.78, 5) is 20.8. The van der Waals surface area contributed by atoms with Crippen LogP contribution in [0.25, 0.3) is 0 Å². The average Bonchev–Trinajstić information content (AvgIpc) is 2.68. The normalized spacial score (nSPS) is 17.8. The van der Waals surface area contributed by atoms with Gasteiger partial charge in [-0.2, -0.15) is 4.89 Å². The molecule has 1 saturated carbocycles. The fraction of sp³-hybridized carbons (Fsp3) is 0.909. The van der Waals surface area contributed by atoms with Gasteiger partial charge in [0.2, 0.25) is 0 Å². The van der Waals surface area contributed by atoms with Crippen LogP contribution in [0.4, 0.5) is 4.79 Å². The van der Waals surface area contributed by atoms with Gasteiger partial charge in [-0.15, -0.1) is 0 Å². The molecule has 15 heavy (non-hydrogen) atoms. The van der Waals surface area contributed by atoms with Crippen molar-refractivity contribution in [3.63, 3.8) is 0 Å². The van der Waals surface area contributed by atoms with Crippen molar-refractivity contribution < 1.29 is 19.3 Å². The monoisotopic (exact) mass is 216 g/mol. The van der Waals surface area contributed by atoms with Crippen LogP contribution in [0.1, 0.15) is 52.9 Å². The Morgan fingerprint density at radius 1 is 1.33 bits per heavy atom. The summed E-state index contributed by atoms with van der Waals surface area (Å²) in [6.45, 7) is 5.68. The molecule has 0 aromatic heterocycles. The van der Waals surface area contributed by atoms with E-state index in [0.29, 0.717) is 0 Å². The van der Waals surface area contributed by atoms with Gasteiger partial charge in [-0.3, -0.25) is 4.89 Å². The molecule has 0 spiro atoms. The van der Waals surface area contributed by atoms with Crippen molar-refractivity contribution in [2.45, 2.75) is 64.6 Å². The Labute approximate surface area is 90.8 Å². The SMILES string of the molecule is CCC(C)(C)OOC(=O)OC1CCCC1. The van der Waals surface area contributed by atoms with Gasteiger partial charge in [-0.1, -0.05) is 6.92 Å². The maximum atomic E-state index is 11.2. The first kappa shape index (κ1) is 12.3. The summed E-state index contributed by atoms with van der Waals surface area (Å²) in [5.74, 6) is 0. The minimum Gasteiger partial charge on any atom is -0.429 e. The van der Waals surface area contributed by atoms with E-state index in [1.165, 1.54) is 0 Å². The quantitative estimate of drug-likeness (QED) is 0.411. The number of carbonyl (C=O) groups excluding carboxylic acids is 1. The summed E-state index contributed by atoms with van der Waals surface area (Å²) < 4.78 is 5.07. The van der Waals surface area contributed by atoms with Crippen molar-refractivity contribution in [1.29, 1.82) is 0 Å². The lowest BCUT2D eigenvalue weighted by molar-refractivity contribution is -0.319. The Hall–Kier alpha value is -0.770. The maximum Gasteiger partial charge on any atom is 0.540 e. The van der Waals surface area contributed by atoms with Crippen molar-refractivity contribution in [2.24, 2.45) is 0 Å². The Morgan fingerprint density at radius 2 is 1.93 bits per heavy atom. The standard InChI is InChI=1S/C11H20O4/c1-4-11(2,3)15-14-10(12)13-9-7-5-6-8-9/h9H,4-8H2,1-3H3. The Bertz CT molecular complexity index is 207. The number of ether oxygens (including phenoxy) is 1. The molecule has 4 heteroatoms. The minimum absolute atomic E-state index is 0.0193. The van der Waals surface area contributed by atoms with Gasteiger partial charge in [0, 0.05) is 0 Å². The van der Waals surface area contributed by atoms with E-state index in [9.17, 15) is 4.79 Å². The Morgan fingerprint density at radius 3 is 2.47 bits per heavy atom. The molecule has 1 fully saturated rings. The highest BCUT2D eigenvalue weighted by Gasteiger charge is 2.23. The molecule has 0 aliphatic heterocycles. The number of hydrogen-bond donors (Lipinski definition) is 0. The summed E-state index contributed by atoms with van der Waals surface area (Å²) in [6, 6.07) is 0. The van der Waals surface area contributed by atoms with Crippen LogP contribution >= 0.6 is 0 Å². The van der Waals surface area contributed by atoms with Crippen LogP contribution in [0, 0.1) is 0 Å². The van der Waals surface area contributed by atoms with Crippen molar-refractivity contribution in [3.8, 4) is 0 Å². The summed E-state index contributed by atoms with van der Waals surface area (Å²) in [5, 5.41) is 0. The molecule has 1 aliphatic carbocycles. The second kappa shape index (κ2) is 5.35. The molecule has 0 N–H and O–H groups in total. The third-order valence-electron chi connectivity index (χ3n) is 2.75. The first-order chi connectivity index (χ1) is 7.03. The molecule has 0 radical (unpaired) electrons.